The van der Waals surface area contributed by atoms with Crippen LogP contribution in [0.1, 0.15) is 12.0 Å². The molecule has 0 spiro atoms. The number of hydrogen-bond donors (Lipinski definition) is 0. The second kappa shape index (κ2) is 8.70. The van der Waals surface area contributed by atoms with Crippen molar-refractivity contribution in [1.82, 2.24) is 9.21 Å². The highest BCUT2D eigenvalue weighted by atomic mass is 32.2. The lowest BCUT2D eigenvalue weighted by Gasteiger charge is -2.34. The Kier molecular flexibility index (Phi) is 6.31. The third-order valence-electron chi connectivity index (χ3n) is 4.69. The zero-order valence-electron chi connectivity index (χ0n) is 15.7. The fraction of sp³-hybridized carbons (Fsp3) is 0.350. The quantitative estimate of drug-likeness (QED) is 0.739. The molecule has 2 aromatic carbocycles. The van der Waals surface area contributed by atoms with Crippen molar-refractivity contribution in [1.29, 1.82) is 0 Å². The summed E-state index contributed by atoms with van der Waals surface area (Å²) in [7, 11) is -3.76. The molecule has 1 aliphatic rings. The Labute approximate surface area is 164 Å². The highest BCUT2D eigenvalue weighted by Gasteiger charge is 2.30. The van der Waals surface area contributed by atoms with E-state index in [9.17, 15) is 17.6 Å². The molecule has 1 aliphatic heterocycles. The van der Waals surface area contributed by atoms with Crippen LogP contribution in [0.3, 0.4) is 0 Å². The summed E-state index contributed by atoms with van der Waals surface area (Å²) in [6.45, 7) is 3.18. The molecule has 1 heterocycles. The number of ether oxygens (including phenoxy) is 1. The number of carbonyl (C=O) groups is 1. The van der Waals surface area contributed by atoms with Gasteiger partial charge in [0.05, 0.1) is 17.9 Å². The third kappa shape index (κ3) is 4.69. The molecule has 0 radical (unpaired) electrons. The van der Waals surface area contributed by atoms with E-state index < -0.39 is 15.8 Å². The first kappa shape index (κ1) is 20.3. The van der Waals surface area contributed by atoms with Gasteiger partial charge in [-0.15, -0.1) is 0 Å². The van der Waals surface area contributed by atoms with Crippen molar-refractivity contribution in [2.75, 3.05) is 32.8 Å². The molecule has 0 atom stereocenters. The minimum Gasteiger partial charge on any atom is -0.493 e. The molecule has 28 heavy (non-hydrogen) atoms. The molecule has 8 heteroatoms. The molecule has 0 N–H and O–H groups in total. The fourth-order valence-electron chi connectivity index (χ4n) is 3.08. The predicted molar refractivity (Wildman–Crippen MR) is 103 cm³/mol. The van der Waals surface area contributed by atoms with Crippen LogP contribution in [0.2, 0.25) is 0 Å². The molecule has 150 valence electrons. The summed E-state index contributed by atoms with van der Waals surface area (Å²) < 4.78 is 45.5. The largest absolute Gasteiger partial charge is 0.493 e. The van der Waals surface area contributed by atoms with Gasteiger partial charge >= 0.3 is 0 Å². The average molecular weight is 406 g/mol. The van der Waals surface area contributed by atoms with Gasteiger partial charge in [-0.25, -0.2) is 12.8 Å². The van der Waals surface area contributed by atoms with E-state index in [1.54, 1.807) is 4.90 Å². The number of benzene rings is 2. The van der Waals surface area contributed by atoms with Crippen LogP contribution in [0.5, 0.6) is 5.75 Å². The molecule has 2 aromatic rings. The number of para-hydroxylation sites is 1. The van der Waals surface area contributed by atoms with Gasteiger partial charge in [-0.2, -0.15) is 4.31 Å². The first-order chi connectivity index (χ1) is 13.4. The molecule has 1 amide bonds. The number of piperazine rings is 1. The van der Waals surface area contributed by atoms with Crippen LogP contribution >= 0.6 is 0 Å². The Bertz CT molecular complexity index is 941. The van der Waals surface area contributed by atoms with Gasteiger partial charge in [0.15, 0.2) is 0 Å². The number of nitrogens with zero attached hydrogens (tertiary/aromatic N) is 2. The zero-order valence-corrected chi connectivity index (χ0v) is 16.5. The predicted octanol–water partition coefficient (Wildman–Crippen LogP) is 2.44. The van der Waals surface area contributed by atoms with Crippen LogP contribution < -0.4 is 4.74 Å². The number of hydrogen-bond acceptors (Lipinski definition) is 4. The minimum absolute atomic E-state index is 0.0705. The van der Waals surface area contributed by atoms with Crippen molar-refractivity contribution in [3.05, 3.63) is 59.9 Å². The molecule has 0 aliphatic carbocycles. The Morgan fingerprint density at radius 2 is 1.79 bits per heavy atom. The van der Waals surface area contributed by atoms with Crippen LogP contribution in [0.4, 0.5) is 4.39 Å². The van der Waals surface area contributed by atoms with E-state index in [4.69, 9.17) is 4.74 Å². The van der Waals surface area contributed by atoms with Gasteiger partial charge in [-0.3, -0.25) is 4.79 Å². The van der Waals surface area contributed by atoms with Crippen LogP contribution in [-0.4, -0.2) is 56.3 Å². The maximum atomic E-state index is 13.4. The van der Waals surface area contributed by atoms with Gasteiger partial charge in [0.1, 0.15) is 11.6 Å². The molecule has 6 nitrogen and oxygen atoms in total. The van der Waals surface area contributed by atoms with Gasteiger partial charge in [0.25, 0.3) is 0 Å². The zero-order chi connectivity index (χ0) is 20.1. The summed E-state index contributed by atoms with van der Waals surface area (Å²) in [5.41, 5.74) is 1.01. The van der Waals surface area contributed by atoms with Crippen LogP contribution in [-0.2, 0) is 14.8 Å². The van der Waals surface area contributed by atoms with Crippen LogP contribution in [0.25, 0.3) is 0 Å². The van der Waals surface area contributed by atoms with E-state index in [0.717, 1.165) is 17.4 Å². The lowest BCUT2D eigenvalue weighted by molar-refractivity contribution is -0.132. The monoisotopic (exact) mass is 406 g/mol. The number of carbonyl (C=O) groups excluding carboxylic acids is 1. The van der Waals surface area contributed by atoms with E-state index in [0.29, 0.717) is 13.1 Å². The van der Waals surface area contributed by atoms with Crippen molar-refractivity contribution >= 4 is 15.9 Å². The Balaban J connectivity index is 1.50. The van der Waals surface area contributed by atoms with Crippen molar-refractivity contribution in [2.45, 2.75) is 18.2 Å². The maximum absolute atomic E-state index is 13.4. The average Bonchev–Trinajstić information content (AvgIpc) is 2.69. The number of sulfonamides is 1. The molecule has 0 aromatic heterocycles. The number of halogens is 1. The summed E-state index contributed by atoms with van der Waals surface area (Å²) in [6.07, 6.45) is 0.227. The Morgan fingerprint density at radius 1 is 1.07 bits per heavy atom. The van der Waals surface area contributed by atoms with E-state index in [2.05, 4.69) is 0 Å². The molecular formula is C20H23FN2O4S. The van der Waals surface area contributed by atoms with E-state index in [-0.39, 0.29) is 36.9 Å². The van der Waals surface area contributed by atoms with Crippen LogP contribution in [0, 0.1) is 12.7 Å². The molecular weight excluding hydrogens is 383 g/mol. The first-order valence-corrected chi connectivity index (χ1v) is 10.5. The van der Waals surface area contributed by atoms with Gasteiger partial charge < -0.3 is 9.64 Å². The second-order valence-corrected chi connectivity index (χ2v) is 8.54. The number of amides is 1. The minimum atomic E-state index is -3.76. The molecule has 3 rings (SSSR count). The summed E-state index contributed by atoms with van der Waals surface area (Å²) >= 11 is 0. The van der Waals surface area contributed by atoms with Crippen LogP contribution in [0.15, 0.2) is 53.4 Å². The van der Waals surface area contributed by atoms with E-state index in [1.165, 1.54) is 22.5 Å². The summed E-state index contributed by atoms with van der Waals surface area (Å²) in [5, 5.41) is 0. The highest BCUT2D eigenvalue weighted by Crippen LogP contribution is 2.19. The first-order valence-electron chi connectivity index (χ1n) is 9.10. The maximum Gasteiger partial charge on any atom is 0.243 e. The summed E-state index contributed by atoms with van der Waals surface area (Å²) in [6, 6.07) is 12.6. The number of rotatable bonds is 6. The summed E-state index contributed by atoms with van der Waals surface area (Å²) in [5.74, 6) is 0.0845. The number of aryl methyl sites for hydroxylation is 1. The molecule has 0 saturated carbocycles. The molecule has 0 unspecified atom stereocenters. The molecule has 0 bridgehead atoms. The van der Waals surface area contributed by atoms with Crippen molar-refractivity contribution in [2.24, 2.45) is 0 Å². The normalized spacial score (nSPS) is 15.4. The van der Waals surface area contributed by atoms with E-state index >= 15 is 0 Å². The standard InChI is InChI=1S/C20H23FN2O4S/c1-16-5-2-3-8-19(16)27-14-9-20(24)22-10-12-23(13-11-22)28(25,26)18-7-4-6-17(21)15-18/h2-8,15H,9-14H2,1H3. The van der Waals surface area contributed by atoms with Crippen molar-refractivity contribution in [3.63, 3.8) is 0 Å². The lowest BCUT2D eigenvalue weighted by atomic mass is 10.2. The van der Waals surface area contributed by atoms with Crippen molar-refractivity contribution in [3.8, 4) is 5.75 Å². The molecule has 1 saturated heterocycles. The highest BCUT2D eigenvalue weighted by molar-refractivity contribution is 7.89. The Hall–Kier alpha value is -2.45. The fourth-order valence-corrected chi connectivity index (χ4v) is 4.53. The van der Waals surface area contributed by atoms with Gasteiger partial charge in [0, 0.05) is 26.2 Å². The summed E-state index contributed by atoms with van der Waals surface area (Å²) in [4.78, 5) is 13.9. The lowest BCUT2D eigenvalue weighted by Crippen LogP contribution is -2.50. The van der Waals surface area contributed by atoms with E-state index in [1.807, 2.05) is 31.2 Å². The third-order valence-corrected chi connectivity index (χ3v) is 6.59. The topological polar surface area (TPSA) is 66.9 Å². The smallest absolute Gasteiger partial charge is 0.243 e. The van der Waals surface area contributed by atoms with Gasteiger partial charge in [0.2, 0.25) is 15.9 Å². The second-order valence-electron chi connectivity index (χ2n) is 6.61. The Morgan fingerprint density at radius 3 is 2.46 bits per heavy atom. The van der Waals surface area contributed by atoms with Gasteiger partial charge in [-0.05, 0) is 36.8 Å². The van der Waals surface area contributed by atoms with Crippen molar-refractivity contribution < 1.29 is 22.3 Å². The SMILES string of the molecule is Cc1ccccc1OCCC(=O)N1CCN(S(=O)(=O)c2cccc(F)c2)CC1. The van der Waals surface area contributed by atoms with Gasteiger partial charge in [-0.1, -0.05) is 24.3 Å². The molecule has 1 fully saturated rings.